The summed E-state index contributed by atoms with van der Waals surface area (Å²) in [4.78, 5) is 16.1. The number of methoxy groups -OCH3 is 2. The molecule has 0 saturated carbocycles. The summed E-state index contributed by atoms with van der Waals surface area (Å²) in [7, 11) is 2.98. The summed E-state index contributed by atoms with van der Waals surface area (Å²) in [6, 6.07) is 8.91. The number of nitrogens with zero attached hydrogens (tertiary/aromatic N) is 2. The standard InChI is InChI=1S/C19H15F3N2O5/c1-26-13-6-7-14(15(9-13)27-2)17-23-16(29-24-17)10-28-18(25)11-4-3-5-12(8-11)19(20,21)22/h3-9H,10H2,1-2H3. The third kappa shape index (κ3) is 4.65. The Morgan fingerprint density at radius 3 is 2.59 bits per heavy atom. The van der Waals surface area contributed by atoms with Gasteiger partial charge in [-0.05, 0) is 30.3 Å². The van der Waals surface area contributed by atoms with Crippen LogP contribution in [0.2, 0.25) is 0 Å². The summed E-state index contributed by atoms with van der Waals surface area (Å²) in [6.07, 6.45) is -4.56. The summed E-state index contributed by atoms with van der Waals surface area (Å²) >= 11 is 0. The van der Waals surface area contributed by atoms with Crippen molar-refractivity contribution >= 4 is 5.97 Å². The van der Waals surface area contributed by atoms with E-state index in [0.717, 1.165) is 12.1 Å². The van der Waals surface area contributed by atoms with Gasteiger partial charge in [0.2, 0.25) is 5.82 Å². The third-order valence-corrected chi connectivity index (χ3v) is 3.87. The lowest BCUT2D eigenvalue weighted by Crippen LogP contribution is -2.09. The average Bonchev–Trinajstić information content (AvgIpc) is 3.19. The van der Waals surface area contributed by atoms with Crippen LogP contribution in [0.25, 0.3) is 11.4 Å². The first kappa shape index (κ1) is 20.2. The molecule has 7 nitrogen and oxygen atoms in total. The Kier molecular flexibility index (Phi) is 5.71. The lowest BCUT2D eigenvalue weighted by Gasteiger charge is -2.08. The molecule has 0 atom stereocenters. The van der Waals surface area contributed by atoms with Gasteiger partial charge in [-0.15, -0.1) is 0 Å². The summed E-state index contributed by atoms with van der Waals surface area (Å²) in [5, 5.41) is 3.80. The quantitative estimate of drug-likeness (QED) is 0.567. The van der Waals surface area contributed by atoms with Crippen LogP contribution in [0.5, 0.6) is 11.5 Å². The van der Waals surface area contributed by atoms with Crippen LogP contribution in [-0.4, -0.2) is 30.3 Å². The minimum Gasteiger partial charge on any atom is -0.497 e. The van der Waals surface area contributed by atoms with Crippen LogP contribution >= 0.6 is 0 Å². The fourth-order valence-corrected chi connectivity index (χ4v) is 2.44. The van der Waals surface area contributed by atoms with Crippen molar-refractivity contribution in [2.45, 2.75) is 12.8 Å². The zero-order valence-corrected chi connectivity index (χ0v) is 15.3. The van der Waals surface area contributed by atoms with Crippen molar-refractivity contribution in [3.63, 3.8) is 0 Å². The minimum absolute atomic E-state index is 0.0294. The van der Waals surface area contributed by atoms with Crippen molar-refractivity contribution in [3.8, 4) is 22.9 Å². The predicted molar refractivity (Wildman–Crippen MR) is 93.4 cm³/mol. The number of hydrogen-bond acceptors (Lipinski definition) is 7. The van der Waals surface area contributed by atoms with Crippen molar-refractivity contribution in [2.75, 3.05) is 14.2 Å². The number of alkyl halides is 3. The van der Waals surface area contributed by atoms with Gasteiger partial charge >= 0.3 is 12.1 Å². The van der Waals surface area contributed by atoms with E-state index in [1.165, 1.54) is 20.3 Å². The molecule has 3 rings (SSSR count). The molecule has 2 aromatic carbocycles. The number of aromatic nitrogens is 2. The Labute approximate surface area is 163 Å². The molecule has 152 valence electrons. The van der Waals surface area contributed by atoms with Gasteiger partial charge in [0.25, 0.3) is 5.89 Å². The SMILES string of the molecule is COc1ccc(-c2noc(COC(=O)c3cccc(C(F)(F)F)c3)n2)c(OC)c1. The molecule has 0 radical (unpaired) electrons. The van der Waals surface area contributed by atoms with E-state index in [-0.39, 0.29) is 17.3 Å². The second-order valence-electron chi connectivity index (χ2n) is 5.73. The number of ether oxygens (including phenoxy) is 3. The van der Waals surface area contributed by atoms with Gasteiger partial charge in [-0.1, -0.05) is 11.2 Å². The fourth-order valence-electron chi connectivity index (χ4n) is 2.44. The van der Waals surface area contributed by atoms with Gasteiger partial charge in [0.1, 0.15) is 11.5 Å². The van der Waals surface area contributed by atoms with Gasteiger partial charge in [0.15, 0.2) is 6.61 Å². The maximum Gasteiger partial charge on any atom is 0.416 e. The van der Waals surface area contributed by atoms with Crippen LogP contribution in [0.4, 0.5) is 13.2 Å². The molecule has 0 aliphatic carbocycles. The predicted octanol–water partition coefficient (Wildman–Crippen LogP) is 4.13. The first-order valence-electron chi connectivity index (χ1n) is 8.21. The van der Waals surface area contributed by atoms with E-state index in [1.54, 1.807) is 18.2 Å². The van der Waals surface area contributed by atoms with Crippen molar-refractivity contribution < 1.29 is 36.7 Å². The fraction of sp³-hybridized carbons (Fsp3) is 0.211. The van der Waals surface area contributed by atoms with Crippen LogP contribution < -0.4 is 9.47 Å². The van der Waals surface area contributed by atoms with E-state index in [2.05, 4.69) is 10.1 Å². The Morgan fingerprint density at radius 1 is 1.10 bits per heavy atom. The Hall–Kier alpha value is -3.56. The van der Waals surface area contributed by atoms with Crippen LogP contribution in [-0.2, 0) is 17.5 Å². The number of halogens is 3. The molecule has 1 heterocycles. The summed E-state index contributed by atoms with van der Waals surface area (Å²) in [5.74, 6) is 0.229. The normalized spacial score (nSPS) is 11.2. The van der Waals surface area contributed by atoms with Gasteiger partial charge in [-0.3, -0.25) is 0 Å². The van der Waals surface area contributed by atoms with Gasteiger partial charge in [-0.25, -0.2) is 4.79 Å². The monoisotopic (exact) mass is 408 g/mol. The highest BCUT2D eigenvalue weighted by molar-refractivity contribution is 5.89. The molecule has 0 amide bonds. The second kappa shape index (κ2) is 8.21. The first-order valence-corrected chi connectivity index (χ1v) is 8.21. The topological polar surface area (TPSA) is 83.7 Å². The average molecular weight is 408 g/mol. The van der Waals surface area contributed by atoms with Crippen molar-refractivity contribution in [2.24, 2.45) is 0 Å². The highest BCUT2D eigenvalue weighted by Gasteiger charge is 2.31. The van der Waals surface area contributed by atoms with Gasteiger partial charge < -0.3 is 18.7 Å². The lowest BCUT2D eigenvalue weighted by atomic mass is 10.1. The first-order chi connectivity index (χ1) is 13.8. The summed E-state index contributed by atoms with van der Waals surface area (Å²) in [6.45, 7) is -0.402. The van der Waals surface area contributed by atoms with Crippen LogP contribution in [0.3, 0.4) is 0 Å². The Morgan fingerprint density at radius 2 is 1.90 bits per heavy atom. The molecule has 0 spiro atoms. The van der Waals surface area contributed by atoms with Gasteiger partial charge in [-0.2, -0.15) is 18.2 Å². The highest BCUT2D eigenvalue weighted by Crippen LogP contribution is 2.32. The van der Waals surface area contributed by atoms with Crippen molar-refractivity contribution in [1.82, 2.24) is 10.1 Å². The molecule has 10 heteroatoms. The Bertz CT molecular complexity index is 1020. The van der Waals surface area contributed by atoms with E-state index >= 15 is 0 Å². The molecule has 3 aromatic rings. The number of esters is 1. The summed E-state index contributed by atoms with van der Waals surface area (Å²) in [5.41, 5.74) is -0.664. The molecule has 0 unspecified atom stereocenters. The maximum absolute atomic E-state index is 12.8. The molecular weight excluding hydrogens is 393 g/mol. The number of carbonyl (C=O) groups excluding carboxylic acids is 1. The third-order valence-electron chi connectivity index (χ3n) is 3.87. The zero-order valence-electron chi connectivity index (χ0n) is 15.3. The molecule has 1 aromatic heterocycles. The highest BCUT2D eigenvalue weighted by atomic mass is 19.4. The van der Waals surface area contributed by atoms with E-state index < -0.39 is 24.3 Å². The van der Waals surface area contributed by atoms with E-state index in [9.17, 15) is 18.0 Å². The summed E-state index contributed by atoms with van der Waals surface area (Å²) < 4.78 is 58.6. The number of carbonyl (C=O) groups is 1. The van der Waals surface area contributed by atoms with Gasteiger partial charge in [0.05, 0.1) is 30.9 Å². The molecular formula is C19H15F3N2O5. The molecule has 0 bridgehead atoms. The molecule has 29 heavy (non-hydrogen) atoms. The van der Waals surface area contributed by atoms with Gasteiger partial charge in [0, 0.05) is 6.07 Å². The number of hydrogen-bond donors (Lipinski definition) is 0. The zero-order chi connectivity index (χ0) is 21.0. The molecule has 0 aliphatic heterocycles. The molecule has 0 saturated heterocycles. The van der Waals surface area contributed by atoms with E-state index in [4.69, 9.17) is 18.7 Å². The second-order valence-corrected chi connectivity index (χ2v) is 5.73. The minimum atomic E-state index is -4.56. The number of rotatable bonds is 6. The maximum atomic E-state index is 12.8. The van der Waals surface area contributed by atoms with Crippen molar-refractivity contribution in [3.05, 3.63) is 59.5 Å². The lowest BCUT2D eigenvalue weighted by molar-refractivity contribution is -0.137. The smallest absolute Gasteiger partial charge is 0.416 e. The largest absolute Gasteiger partial charge is 0.497 e. The van der Waals surface area contributed by atoms with Crippen LogP contribution in [0.15, 0.2) is 47.0 Å². The van der Waals surface area contributed by atoms with E-state index in [1.807, 2.05) is 0 Å². The van der Waals surface area contributed by atoms with Crippen LogP contribution in [0.1, 0.15) is 21.8 Å². The van der Waals surface area contributed by atoms with Crippen molar-refractivity contribution in [1.29, 1.82) is 0 Å². The number of benzene rings is 2. The molecule has 0 aliphatic rings. The molecule has 0 N–H and O–H groups in total. The van der Waals surface area contributed by atoms with Crippen LogP contribution in [0, 0.1) is 0 Å². The van der Waals surface area contributed by atoms with E-state index in [0.29, 0.717) is 23.1 Å². The Balaban J connectivity index is 1.71. The molecule has 0 fully saturated rings.